The number of nitrogens with zero attached hydrogens (tertiary/aromatic N) is 3. The molecule has 0 bridgehead atoms. The van der Waals surface area contributed by atoms with Crippen molar-refractivity contribution in [2.75, 3.05) is 5.73 Å². The highest BCUT2D eigenvalue weighted by molar-refractivity contribution is 5.94. The molecule has 2 aromatic carbocycles. The van der Waals surface area contributed by atoms with Crippen LogP contribution in [0.25, 0.3) is 28.2 Å². The fourth-order valence-electron chi connectivity index (χ4n) is 3.55. The minimum atomic E-state index is -3.00. The summed E-state index contributed by atoms with van der Waals surface area (Å²) in [5, 5.41) is 10.2. The van der Waals surface area contributed by atoms with E-state index in [4.69, 9.17) is 11.5 Å². The van der Waals surface area contributed by atoms with E-state index in [0.29, 0.717) is 11.3 Å². The number of aliphatic hydroxyl groups is 1. The van der Waals surface area contributed by atoms with Crippen LogP contribution in [0.4, 0.5) is 19.0 Å². The van der Waals surface area contributed by atoms with Crippen LogP contribution in [0.1, 0.15) is 28.4 Å². The molecule has 10 heteroatoms. The molecule has 4 rings (SSSR count). The van der Waals surface area contributed by atoms with Gasteiger partial charge in [-0.05, 0) is 49.2 Å². The number of halogens is 3. The molecule has 5 N–H and O–H groups in total. The topological polar surface area (TPSA) is 120 Å². The number of rotatable bonds is 5. The fourth-order valence-corrected chi connectivity index (χ4v) is 3.55. The van der Waals surface area contributed by atoms with Crippen molar-refractivity contribution in [3.05, 3.63) is 71.3 Å². The van der Waals surface area contributed by atoms with Gasteiger partial charge in [0.1, 0.15) is 11.4 Å². The number of benzene rings is 2. The van der Waals surface area contributed by atoms with Crippen molar-refractivity contribution in [1.29, 1.82) is 0 Å². The number of aryl methyl sites for hydroxylation is 1. The summed E-state index contributed by atoms with van der Waals surface area (Å²) in [6.07, 6.45) is -0.0345. The SMILES string of the molecule is Cc1ccc(C(C)(O)C(F)F)cc1-c1cnc2c(N)nc(-c3cc(C(N)=O)ccc3F)cn12. The summed E-state index contributed by atoms with van der Waals surface area (Å²) in [4.78, 5) is 20.0. The second-order valence-corrected chi connectivity index (χ2v) is 7.89. The summed E-state index contributed by atoms with van der Waals surface area (Å²) in [5.41, 5.74) is 11.2. The first-order chi connectivity index (χ1) is 15.5. The number of imidazole rings is 1. The highest BCUT2D eigenvalue weighted by atomic mass is 19.3. The molecule has 170 valence electrons. The molecule has 0 saturated heterocycles. The Labute approximate surface area is 186 Å². The number of carbonyl (C=O) groups is 1. The van der Waals surface area contributed by atoms with E-state index in [1.165, 1.54) is 36.7 Å². The molecule has 33 heavy (non-hydrogen) atoms. The zero-order chi connectivity index (χ0) is 24.1. The van der Waals surface area contributed by atoms with Gasteiger partial charge >= 0.3 is 0 Å². The predicted molar refractivity (Wildman–Crippen MR) is 117 cm³/mol. The molecule has 1 unspecified atom stereocenters. The number of aromatic nitrogens is 3. The maximum absolute atomic E-state index is 14.6. The lowest BCUT2D eigenvalue weighted by molar-refractivity contribution is -0.0883. The second kappa shape index (κ2) is 7.89. The van der Waals surface area contributed by atoms with Crippen LogP contribution in [0.2, 0.25) is 0 Å². The molecule has 2 aromatic heterocycles. The lowest BCUT2D eigenvalue weighted by Crippen LogP contribution is -2.30. The minimum Gasteiger partial charge on any atom is -0.381 e. The predicted octanol–water partition coefficient (Wildman–Crippen LogP) is 3.66. The number of amides is 1. The molecule has 0 radical (unpaired) electrons. The van der Waals surface area contributed by atoms with Crippen LogP contribution < -0.4 is 11.5 Å². The van der Waals surface area contributed by atoms with Gasteiger partial charge in [-0.2, -0.15) is 0 Å². The average Bonchev–Trinajstić information content (AvgIpc) is 3.18. The molecule has 7 nitrogen and oxygen atoms in total. The van der Waals surface area contributed by atoms with E-state index >= 15 is 0 Å². The maximum Gasteiger partial charge on any atom is 0.270 e. The Morgan fingerprint density at radius 2 is 1.91 bits per heavy atom. The number of hydrogen-bond donors (Lipinski definition) is 3. The summed E-state index contributed by atoms with van der Waals surface area (Å²) in [7, 11) is 0. The van der Waals surface area contributed by atoms with E-state index in [9.17, 15) is 23.1 Å². The Bertz CT molecular complexity index is 1400. The Kier molecular flexibility index (Phi) is 5.33. The number of alkyl halides is 2. The second-order valence-electron chi connectivity index (χ2n) is 7.89. The maximum atomic E-state index is 14.6. The van der Waals surface area contributed by atoms with Crippen molar-refractivity contribution in [2.45, 2.75) is 25.9 Å². The third-order valence-corrected chi connectivity index (χ3v) is 5.57. The van der Waals surface area contributed by atoms with Crippen LogP contribution in [0, 0.1) is 12.7 Å². The van der Waals surface area contributed by atoms with Gasteiger partial charge in [0.05, 0.1) is 17.6 Å². The Morgan fingerprint density at radius 3 is 2.58 bits per heavy atom. The number of nitrogens with two attached hydrogens (primary N) is 2. The Hall–Kier alpha value is -3.92. The summed E-state index contributed by atoms with van der Waals surface area (Å²) in [6, 6.07) is 8.13. The van der Waals surface area contributed by atoms with Gasteiger partial charge < -0.3 is 16.6 Å². The molecule has 0 fully saturated rings. The van der Waals surface area contributed by atoms with E-state index in [-0.39, 0.29) is 33.8 Å². The van der Waals surface area contributed by atoms with Crippen LogP contribution in [0.15, 0.2) is 48.8 Å². The van der Waals surface area contributed by atoms with E-state index in [0.717, 1.165) is 18.6 Å². The van der Waals surface area contributed by atoms with E-state index < -0.39 is 23.8 Å². The molecule has 0 aliphatic carbocycles. The van der Waals surface area contributed by atoms with Gasteiger partial charge in [0.15, 0.2) is 11.5 Å². The molecule has 0 aliphatic heterocycles. The Morgan fingerprint density at radius 1 is 1.18 bits per heavy atom. The monoisotopic (exact) mass is 455 g/mol. The number of hydrogen-bond acceptors (Lipinski definition) is 5. The largest absolute Gasteiger partial charge is 0.381 e. The van der Waals surface area contributed by atoms with E-state index in [1.54, 1.807) is 17.4 Å². The zero-order valence-corrected chi connectivity index (χ0v) is 17.7. The molecular weight excluding hydrogens is 435 g/mol. The summed E-state index contributed by atoms with van der Waals surface area (Å²) in [6.45, 7) is 2.81. The summed E-state index contributed by atoms with van der Waals surface area (Å²) in [5.74, 6) is -1.37. The van der Waals surface area contributed by atoms with Crippen molar-refractivity contribution >= 4 is 17.4 Å². The minimum absolute atomic E-state index is 0.00369. The van der Waals surface area contributed by atoms with Crippen LogP contribution in [-0.4, -0.2) is 31.8 Å². The average molecular weight is 455 g/mol. The van der Waals surface area contributed by atoms with Crippen molar-refractivity contribution in [3.63, 3.8) is 0 Å². The lowest BCUT2D eigenvalue weighted by atomic mass is 9.92. The van der Waals surface area contributed by atoms with Gasteiger partial charge in [-0.1, -0.05) is 12.1 Å². The first-order valence-electron chi connectivity index (χ1n) is 9.86. The number of anilines is 1. The molecule has 0 saturated carbocycles. The van der Waals surface area contributed by atoms with Crippen LogP contribution in [-0.2, 0) is 5.60 Å². The van der Waals surface area contributed by atoms with Crippen molar-refractivity contribution in [1.82, 2.24) is 14.4 Å². The smallest absolute Gasteiger partial charge is 0.270 e. The first-order valence-corrected chi connectivity index (χ1v) is 9.86. The number of fused-ring (bicyclic) bond motifs is 1. The third kappa shape index (κ3) is 3.78. The molecule has 0 aliphatic rings. The first kappa shape index (κ1) is 22.3. The van der Waals surface area contributed by atoms with Gasteiger partial charge in [-0.25, -0.2) is 23.1 Å². The Balaban J connectivity index is 1.94. The molecular formula is C23H20F3N5O2. The van der Waals surface area contributed by atoms with Crippen LogP contribution >= 0.6 is 0 Å². The standard InChI is InChI=1S/C23H20F3N5O2/c1-11-3-5-13(23(2,33)22(25)26)8-14(11)18-9-29-21-19(27)30-17(10-31(18)21)15-7-12(20(28)32)4-6-16(15)24/h3-10,22,33H,1-2H3,(H2,27,30)(H2,28,32). The molecule has 1 amide bonds. The molecule has 4 aromatic rings. The number of carbonyl (C=O) groups excluding carboxylic acids is 1. The summed E-state index contributed by atoms with van der Waals surface area (Å²) < 4.78 is 42.9. The number of nitrogen functional groups attached to an aromatic ring is 1. The molecule has 1 atom stereocenters. The van der Waals surface area contributed by atoms with Crippen molar-refractivity contribution in [2.24, 2.45) is 5.73 Å². The van der Waals surface area contributed by atoms with Crippen LogP contribution in [0.5, 0.6) is 0 Å². The van der Waals surface area contributed by atoms with Gasteiger partial charge in [-0.3, -0.25) is 9.20 Å². The van der Waals surface area contributed by atoms with Gasteiger partial charge in [0.25, 0.3) is 6.43 Å². The normalized spacial score (nSPS) is 13.4. The third-order valence-electron chi connectivity index (χ3n) is 5.57. The van der Waals surface area contributed by atoms with Gasteiger partial charge in [-0.15, -0.1) is 0 Å². The van der Waals surface area contributed by atoms with Crippen molar-refractivity contribution in [3.8, 4) is 22.5 Å². The summed E-state index contributed by atoms with van der Waals surface area (Å²) >= 11 is 0. The van der Waals surface area contributed by atoms with Gasteiger partial charge in [0.2, 0.25) is 5.91 Å². The lowest BCUT2D eigenvalue weighted by Gasteiger charge is -2.23. The van der Waals surface area contributed by atoms with Crippen molar-refractivity contribution < 1.29 is 23.1 Å². The fraction of sp³-hybridized carbons (Fsp3) is 0.174. The van der Waals surface area contributed by atoms with E-state index in [1.807, 2.05) is 0 Å². The highest BCUT2D eigenvalue weighted by Gasteiger charge is 2.34. The van der Waals surface area contributed by atoms with Crippen LogP contribution in [0.3, 0.4) is 0 Å². The quantitative estimate of drug-likeness (QED) is 0.424. The van der Waals surface area contributed by atoms with Gasteiger partial charge in [0, 0.05) is 22.9 Å². The highest BCUT2D eigenvalue weighted by Crippen LogP contribution is 2.34. The van der Waals surface area contributed by atoms with E-state index in [2.05, 4.69) is 9.97 Å². The number of primary amides is 1. The zero-order valence-electron chi connectivity index (χ0n) is 17.7. The molecule has 2 heterocycles. The molecule has 0 spiro atoms.